The number of aliphatic hydroxyl groups is 1. The first-order valence-electron chi connectivity index (χ1n) is 6.40. The largest absolute Gasteiger partial charge is 0.382 e. The van der Waals surface area contributed by atoms with Crippen molar-refractivity contribution in [1.82, 2.24) is 9.78 Å². The molecule has 1 aromatic heterocycles. The molecule has 0 spiro atoms. The number of hydrogen-bond acceptors (Lipinski definition) is 2. The van der Waals surface area contributed by atoms with Gasteiger partial charge in [-0.3, -0.25) is 0 Å². The molecule has 1 heterocycles. The van der Waals surface area contributed by atoms with Crippen molar-refractivity contribution in [2.24, 2.45) is 0 Å². The predicted octanol–water partition coefficient (Wildman–Crippen LogP) is 3.75. The summed E-state index contributed by atoms with van der Waals surface area (Å²) in [5, 5.41) is 14.9. The summed E-state index contributed by atoms with van der Waals surface area (Å²) in [5.41, 5.74) is 1.29. The second kappa shape index (κ2) is 5.68. The number of rotatable bonds is 3. The van der Waals surface area contributed by atoms with E-state index in [0.29, 0.717) is 5.69 Å². The lowest BCUT2D eigenvalue weighted by Crippen LogP contribution is -2.10. The van der Waals surface area contributed by atoms with Crippen LogP contribution in [-0.4, -0.2) is 14.9 Å². The van der Waals surface area contributed by atoms with Crippen LogP contribution in [0, 0.1) is 5.82 Å². The molecule has 0 saturated carbocycles. The van der Waals surface area contributed by atoms with Crippen LogP contribution in [0.15, 0.2) is 60.8 Å². The van der Waals surface area contributed by atoms with E-state index in [2.05, 4.69) is 5.10 Å². The fourth-order valence-electron chi connectivity index (χ4n) is 2.23. The number of aromatic nitrogens is 2. The normalized spacial score (nSPS) is 12.3. The van der Waals surface area contributed by atoms with Gasteiger partial charge in [-0.05, 0) is 30.3 Å². The van der Waals surface area contributed by atoms with Crippen LogP contribution in [0.1, 0.15) is 17.4 Å². The summed E-state index contributed by atoms with van der Waals surface area (Å²) in [6.45, 7) is 0. The monoisotopic (exact) mass is 302 g/mol. The van der Waals surface area contributed by atoms with Crippen LogP contribution in [-0.2, 0) is 0 Å². The molecule has 3 rings (SSSR count). The number of hydrogen-bond donors (Lipinski definition) is 1. The average Bonchev–Trinajstić information content (AvgIpc) is 2.97. The molecule has 0 aliphatic rings. The van der Waals surface area contributed by atoms with Crippen molar-refractivity contribution < 1.29 is 9.50 Å². The van der Waals surface area contributed by atoms with Gasteiger partial charge in [0, 0.05) is 16.8 Å². The van der Waals surface area contributed by atoms with Crippen molar-refractivity contribution in [2.75, 3.05) is 0 Å². The molecule has 1 atom stereocenters. The highest BCUT2D eigenvalue weighted by Crippen LogP contribution is 2.31. The summed E-state index contributed by atoms with van der Waals surface area (Å²) in [6.07, 6.45) is 0.363. The van der Waals surface area contributed by atoms with Crippen LogP contribution in [0.3, 0.4) is 0 Å². The van der Waals surface area contributed by atoms with Gasteiger partial charge >= 0.3 is 0 Å². The van der Waals surface area contributed by atoms with Gasteiger partial charge in [-0.15, -0.1) is 0 Å². The van der Waals surface area contributed by atoms with E-state index in [1.54, 1.807) is 23.0 Å². The predicted molar refractivity (Wildman–Crippen MR) is 79.0 cm³/mol. The SMILES string of the molecule is OC(c1c(F)cccc1Cl)c1ccnn1-c1ccccc1. The maximum atomic E-state index is 14.0. The molecule has 21 heavy (non-hydrogen) atoms. The molecular weight excluding hydrogens is 291 g/mol. The number of halogens is 2. The zero-order valence-corrected chi connectivity index (χ0v) is 11.7. The van der Waals surface area contributed by atoms with Gasteiger partial charge in [0.25, 0.3) is 0 Å². The highest BCUT2D eigenvalue weighted by Gasteiger charge is 2.22. The summed E-state index contributed by atoms with van der Waals surface area (Å²) in [6, 6.07) is 15.3. The topological polar surface area (TPSA) is 38.1 Å². The quantitative estimate of drug-likeness (QED) is 0.800. The molecule has 1 unspecified atom stereocenters. The molecule has 0 amide bonds. The fraction of sp³-hybridized carbons (Fsp3) is 0.0625. The van der Waals surface area contributed by atoms with Gasteiger partial charge in [0.05, 0.1) is 11.4 Å². The smallest absolute Gasteiger partial charge is 0.130 e. The molecule has 0 saturated heterocycles. The Morgan fingerprint density at radius 3 is 2.52 bits per heavy atom. The van der Waals surface area contributed by atoms with E-state index in [0.717, 1.165) is 5.69 Å². The summed E-state index contributed by atoms with van der Waals surface area (Å²) in [5.74, 6) is -0.546. The van der Waals surface area contributed by atoms with E-state index in [4.69, 9.17) is 11.6 Å². The lowest BCUT2D eigenvalue weighted by Gasteiger charge is -2.15. The average molecular weight is 303 g/mol. The zero-order valence-electron chi connectivity index (χ0n) is 10.9. The van der Waals surface area contributed by atoms with Gasteiger partial charge in [0.15, 0.2) is 0 Å². The molecule has 5 heteroatoms. The van der Waals surface area contributed by atoms with Crippen LogP contribution in [0.25, 0.3) is 5.69 Å². The molecule has 106 valence electrons. The molecule has 0 fully saturated rings. The highest BCUT2D eigenvalue weighted by atomic mass is 35.5. The third-order valence-electron chi connectivity index (χ3n) is 3.23. The Bertz CT molecular complexity index is 738. The summed E-state index contributed by atoms with van der Waals surface area (Å²) < 4.78 is 15.5. The van der Waals surface area contributed by atoms with Crippen LogP contribution in [0.5, 0.6) is 0 Å². The molecule has 0 bridgehead atoms. The lowest BCUT2D eigenvalue weighted by molar-refractivity contribution is 0.207. The number of nitrogens with zero attached hydrogens (tertiary/aromatic N) is 2. The Balaban J connectivity index is 2.08. The second-order valence-electron chi connectivity index (χ2n) is 4.54. The first kappa shape index (κ1) is 13.8. The van der Waals surface area contributed by atoms with E-state index >= 15 is 0 Å². The van der Waals surface area contributed by atoms with E-state index in [1.165, 1.54) is 12.1 Å². The van der Waals surface area contributed by atoms with Gasteiger partial charge in [0.2, 0.25) is 0 Å². The molecule has 0 radical (unpaired) electrons. The van der Waals surface area contributed by atoms with Crippen LogP contribution >= 0.6 is 11.6 Å². The van der Waals surface area contributed by atoms with Gasteiger partial charge in [0.1, 0.15) is 11.9 Å². The van der Waals surface area contributed by atoms with Crippen molar-refractivity contribution in [3.8, 4) is 5.69 Å². The number of benzene rings is 2. The Kier molecular flexibility index (Phi) is 3.73. The number of para-hydroxylation sites is 1. The standard InChI is InChI=1S/C16H12ClFN2O/c17-12-7-4-8-13(18)15(12)16(21)14-9-10-19-20(14)11-5-2-1-3-6-11/h1-10,16,21H. The highest BCUT2D eigenvalue weighted by molar-refractivity contribution is 6.31. The molecule has 0 aliphatic heterocycles. The van der Waals surface area contributed by atoms with Crippen LogP contribution in [0.2, 0.25) is 5.02 Å². The van der Waals surface area contributed by atoms with E-state index in [1.807, 2.05) is 30.3 Å². The van der Waals surface area contributed by atoms with Crippen molar-refractivity contribution >= 4 is 11.6 Å². The second-order valence-corrected chi connectivity index (χ2v) is 4.95. The summed E-state index contributed by atoms with van der Waals surface area (Å²) in [7, 11) is 0. The number of aliphatic hydroxyl groups excluding tert-OH is 1. The summed E-state index contributed by atoms with van der Waals surface area (Å²) in [4.78, 5) is 0. The van der Waals surface area contributed by atoms with Gasteiger partial charge in [-0.1, -0.05) is 35.9 Å². The zero-order chi connectivity index (χ0) is 14.8. The summed E-state index contributed by atoms with van der Waals surface area (Å²) >= 11 is 6.01. The third kappa shape index (κ3) is 2.55. The van der Waals surface area contributed by atoms with Gasteiger partial charge in [-0.25, -0.2) is 9.07 Å². The van der Waals surface area contributed by atoms with Crippen molar-refractivity contribution in [3.05, 3.63) is 82.9 Å². The molecule has 2 aromatic carbocycles. The van der Waals surface area contributed by atoms with Crippen molar-refractivity contribution in [3.63, 3.8) is 0 Å². The molecule has 0 aliphatic carbocycles. The maximum absolute atomic E-state index is 14.0. The minimum atomic E-state index is -1.19. The van der Waals surface area contributed by atoms with Crippen molar-refractivity contribution in [2.45, 2.75) is 6.10 Å². The van der Waals surface area contributed by atoms with Gasteiger partial charge in [-0.2, -0.15) is 5.10 Å². The van der Waals surface area contributed by atoms with E-state index in [9.17, 15) is 9.50 Å². The van der Waals surface area contributed by atoms with Gasteiger partial charge < -0.3 is 5.11 Å². The maximum Gasteiger partial charge on any atom is 0.130 e. The van der Waals surface area contributed by atoms with Crippen LogP contribution in [0.4, 0.5) is 4.39 Å². The molecular formula is C16H12ClFN2O. The minimum Gasteiger partial charge on any atom is -0.382 e. The van der Waals surface area contributed by atoms with E-state index < -0.39 is 11.9 Å². The minimum absolute atomic E-state index is 0.0526. The van der Waals surface area contributed by atoms with Crippen LogP contribution < -0.4 is 0 Å². The third-order valence-corrected chi connectivity index (χ3v) is 3.56. The first-order valence-corrected chi connectivity index (χ1v) is 6.77. The Morgan fingerprint density at radius 2 is 1.81 bits per heavy atom. The Hall–Kier alpha value is -2.17. The van der Waals surface area contributed by atoms with Crippen molar-refractivity contribution in [1.29, 1.82) is 0 Å². The Morgan fingerprint density at radius 1 is 1.05 bits per heavy atom. The molecule has 3 nitrogen and oxygen atoms in total. The van der Waals surface area contributed by atoms with E-state index in [-0.39, 0.29) is 10.6 Å². The molecule has 1 N–H and O–H groups in total. The first-order chi connectivity index (χ1) is 10.2. The molecule has 3 aromatic rings. The lowest BCUT2D eigenvalue weighted by atomic mass is 10.1. The Labute approximate surface area is 126 Å². The fourth-order valence-corrected chi connectivity index (χ4v) is 2.49.